The Labute approximate surface area is 132 Å². The van der Waals surface area contributed by atoms with Crippen molar-refractivity contribution in [3.05, 3.63) is 28.8 Å². The summed E-state index contributed by atoms with van der Waals surface area (Å²) in [5.74, 6) is 2.49. The first kappa shape index (κ1) is 16.0. The van der Waals surface area contributed by atoms with E-state index in [4.69, 9.17) is 11.6 Å². The average molecular weight is 313 g/mol. The number of nitrogens with one attached hydrogen (secondary N) is 1. The largest absolute Gasteiger partial charge is 0.371 e. The van der Waals surface area contributed by atoms with Crippen molar-refractivity contribution in [3.63, 3.8) is 0 Å². The van der Waals surface area contributed by atoms with Crippen LogP contribution in [0.1, 0.15) is 38.3 Å². The molecule has 2 rings (SSSR count). The Balaban J connectivity index is 2.08. The van der Waals surface area contributed by atoms with E-state index in [-0.39, 0.29) is 0 Å². The molecule has 0 saturated carbocycles. The molecule has 112 valence electrons. The maximum atomic E-state index is 6.49. The molecule has 1 heterocycles. The van der Waals surface area contributed by atoms with Gasteiger partial charge in [0.15, 0.2) is 0 Å². The molecule has 1 N–H and O–H groups in total. The second kappa shape index (κ2) is 8.16. The highest BCUT2D eigenvalue weighted by atomic mass is 35.5. The number of halogens is 1. The molecule has 1 aromatic rings. The van der Waals surface area contributed by atoms with E-state index < -0.39 is 0 Å². The Hall–Kier alpha value is -0.380. The minimum absolute atomic E-state index is 0.316. The Morgan fingerprint density at radius 2 is 2.20 bits per heavy atom. The molecule has 0 bridgehead atoms. The summed E-state index contributed by atoms with van der Waals surface area (Å²) in [6.07, 6.45) is 2.41. The van der Waals surface area contributed by atoms with E-state index in [9.17, 15) is 0 Å². The van der Waals surface area contributed by atoms with Gasteiger partial charge in [-0.05, 0) is 49.8 Å². The number of rotatable bonds is 5. The van der Waals surface area contributed by atoms with Crippen LogP contribution in [0.3, 0.4) is 0 Å². The molecule has 1 aliphatic heterocycles. The highest BCUT2D eigenvalue weighted by molar-refractivity contribution is 7.99. The monoisotopic (exact) mass is 312 g/mol. The molecule has 1 saturated heterocycles. The van der Waals surface area contributed by atoms with Crippen LogP contribution in [0.2, 0.25) is 5.02 Å². The number of benzene rings is 1. The zero-order valence-corrected chi connectivity index (χ0v) is 14.1. The van der Waals surface area contributed by atoms with E-state index >= 15 is 0 Å². The number of anilines is 1. The van der Waals surface area contributed by atoms with E-state index in [0.717, 1.165) is 31.1 Å². The van der Waals surface area contributed by atoms with E-state index in [2.05, 4.69) is 54.0 Å². The van der Waals surface area contributed by atoms with Gasteiger partial charge in [0.05, 0.1) is 0 Å². The second-order valence-electron chi connectivity index (χ2n) is 5.33. The van der Waals surface area contributed by atoms with Gasteiger partial charge in [-0.2, -0.15) is 11.8 Å². The van der Waals surface area contributed by atoms with Gasteiger partial charge < -0.3 is 10.2 Å². The van der Waals surface area contributed by atoms with Crippen molar-refractivity contribution >= 4 is 29.1 Å². The zero-order valence-electron chi connectivity index (χ0n) is 12.5. The van der Waals surface area contributed by atoms with Crippen molar-refractivity contribution in [1.82, 2.24) is 5.32 Å². The molecular formula is C16H25ClN2S. The summed E-state index contributed by atoms with van der Waals surface area (Å²) in [6.45, 7) is 7.67. The topological polar surface area (TPSA) is 15.3 Å². The second-order valence-corrected chi connectivity index (χ2v) is 6.97. The molecule has 0 aliphatic carbocycles. The molecule has 0 radical (unpaired) electrons. The first-order valence-electron chi connectivity index (χ1n) is 7.58. The van der Waals surface area contributed by atoms with Crippen LogP contribution >= 0.6 is 23.4 Å². The van der Waals surface area contributed by atoms with Gasteiger partial charge in [0.25, 0.3) is 0 Å². The summed E-state index contributed by atoms with van der Waals surface area (Å²) in [5, 5.41) is 4.38. The van der Waals surface area contributed by atoms with E-state index in [1.54, 1.807) is 0 Å². The molecule has 0 amide bonds. The van der Waals surface area contributed by atoms with Gasteiger partial charge in [0.1, 0.15) is 0 Å². The Bertz CT molecular complexity index is 417. The standard InChI is InChI=1S/C16H25ClN2S/c1-3-7-18-13(2)15-6-5-14(12-16(15)17)19-8-4-10-20-11-9-19/h5-6,12-13,18H,3-4,7-11H2,1-2H3. The molecular weight excluding hydrogens is 288 g/mol. The number of thioether (sulfide) groups is 1. The van der Waals surface area contributed by atoms with Crippen LogP contribution < -0.4 is 10.2 Å². The maximum Gasteiger partial charge on any atom is 0.0474 e. The third-order valence-corrected chi connectivity index (χ3v) is 5.11. The van der Waals surface area contributed by atoms with Gasteiger partial charge in [-0.1, -0.05) is 24.6 Å². The Morgan fingerprint density at radius 1 is 1.35 bits per heavy atom. The molecule has 1 aliphatic rings. The quantitative estimate of drug-likeness (QED) is 0.870. The van der Waals surface area contributed by atoms with Gasteiger partial charge in [-0.3, -0.25) is 0 Å². The van der Waals surface area contributed by atoms with Crippen molar-refractivity contribution in [1.29, 1.82) is 0 Å². The fourth-order valence-corrected chi connectivity index (χ4v) is 3.76. The zero-order chi connectivity index (χ0) is 14.4. The lowest BCUT2D eigenvalue weighted by Crippen LogP contribution is -2.25. The van der Waals surface area contributed by atoms with Crippen LogP contribution in [-0.4, -0.2) is 31.1 Å². The summed E-state index contributed by atoms with van der Waals surface area (Å²) in [4.78, 5) is 2.46. The highest BCUT2D eigenvalue weighted by Gasteiger charge is 2.14. The summed E-state index contributed by atoms with van der Waals surface area (Å²) in [6, 6.07) is 6.86. The lowest BCUT2D eigenvalue weighted by atomic mass is 10.1. The van der Waals surface area contributed by atoms with Crippen LogP contribution in [0.4, 0.5) is 5.69 Å². The van der Waals surface area contributed by atoms with E-state index in [1.165, 1.54) is 29.2 Å². The van der Waals surface area contributed by atoms with Gasteiger partial charge in [0.2, 0.25) is 0 Å². The van der Waals surface area contributed by atoms with Crippen molar-refractivity contribution in [2.45, 2.75) is 32.7 Å². The first-order valence-corrected chi connectivity index (χ1v) is 9.11. The lowest BCUT2D eigenvalue weighted by molar-refractivity contribution is 0.571. The molecule has 1 atom stereocenters. The summed E-state index contributed by atoms with van der Waals surface area (Å²) in [7, 11) is 0. The predicted molar refractivity (Wildman–Crippen MR) is 92.3 cm³/mol. The molecule has 0 aromatic heterocycles. The average Bonchev–Trinajstić information content (AvgIpc) is 2.73. The van der Waals surface area contributed by atoms with Crippen LogP contribution in [0.15, 0.2) is 18.2 Å². The minimum Gasteiger partial charge on any atom is -0.371 e. The summed E-state index contributed by atoms with van der Waals surface area (Å²) in [5.41, 5.74) is 2.47. The van der Waals surface area contributed by atoms with Crippen LogP contribution in [0.5, 0.6) is 0 Å². The van der Waals surface area contributed by atoms with Crippen LogP contribution in [-0.2, 0) is 0 Å². The fourth-order valence-electron chi connectivity index (χ4n) is 2.54. The van der Waals surface area contributed by atoms with E-state index in [1.807, 2.05) is 0 Å². The van der Waals surface area contributed by atoms with E-state index in [0.29, 0.717) is 6.04 Å². The summed E-state index contributed by atoms with van der Waals surface area (Å²) >= 11 is 8.54. The smallest absolute Gasteiger partial charge is 0.0474 e. The van der Waals surface area contributed by atoms with Crippen molar-refractivity contribution in [3.8, 4) is 0 Å². The van der Waals surface area contributed by atoms with Crippen molar-refractivity contribution < 1.29 is 0 Å². The van der Waals surface area contributed by atoms with Crippen molar-refractivity contribution in [2.24, 2.45) is 0 Å². The third kappa shape index (κ3) is 4.31. The molecule has 20 heavy (non-hydrogen) atoms. The first-order chi connectivity index (χ1) is 9.72. The molecule has 4 heteroatoms. The normalized spacial score (nSPS) is 17.9. The third-order valence-electron chi connectivity index (χ3n) is 3.74. The predicted octanol–water partition coefficient (Wildman–Crippen LogP) is 4.34. The van der Waals surface area contributed by atoms with Gasteiger partial charge >= 0.3 is 0 Å². The number of nitrogens with zero attached hydrogens (tertiary/aromatic N) is 1. The minimum atomic E-state index is 0.316. The molecule has 0 spiro atoms. The SMILES string of the molecule is CCCNC(C)c1ccc(N2CCCSCC2)cc1Cl. The summed E-state index contributed by atoms with van der Waals surface area (Å²) < 4.78 is 0. The van der Waals surface area contributed by atoms with Gasteiger partial charge in [0, 0.05) is 35.6 Å². The van der Waals surface area contributed by atoms with Gasteiger partial charge in [-0.25, -0.2) is 0 Å². The lowest BCUT2D eigenvalue weighted by Gasteiger charge is -2.24. The Kier molecular flexibility index (Phi) is 6.53. The fraction of sp³-hybridized carbons (Fsp3) is 0.625. The number of hydrogen-bond donors (Lipinski definition) is 1. The van der Waals surface area contributed by atoms with Crippen LogP contribution in [0.25, 0.3) is 0 Å². The van der Waals surface area contributed by atoms with Gasteiger partial charge in [-0.15, -0.1) is 0 Å². The molecule has 1 unspecified atom stereocenters. The maximum absolute atomic E-state index is 6.49. The molecule has 2 nitrogen and oxygen atoms in total. The molecule has 1 aromatic carbocycles. The highest BCUT2D eigenvalue weighted by Crippen LogP contribution is 2.29. The Morgan fingerprint density at radius 3 is 2.95 bits per heavy atom. The van der Waals surface area contributed by atoms with Crippen LogP contribution in [0, 0.1) is 0 Å². The van der Waals surface area contributed by atoms with Crippen molar-refractivity contribution in [2.75, 3.05) is 36.0 Å². The number of hydrogen-bond acceptors (Lipinski definition) is 3. The molecule has 1 fully saturated rings.